The van der Waals surface area contributed by atoms with Gasteiger partial charge in [-0.1, -0.05) is 97.4 Å². The average Bonchev–Trinajstić information content (AvgIpc) is 3.78. The fourth-order valence-corrected chi connectivity index (χ4v) is 8.93. The van der Waals surface area contributed by atoms with E-state index in [0.717, 1.165) is 24.0 Å². The van der Waals surface area contributed by atoms with E-state index in [1.54, 1.807) is 33.4 Å². The zero-order valence-corrected chi connectivity index (χ0v) is 45.2. The maximum atomic E-state index is 14.4. The van der Waals surface area contributed by atoms with Crippen molar-refractivity contribution < 1.29 is 95.5 Å². The van der Waals surface area contributed by atoms with Gasteiger partial charge in [0.1, 0.15) is 5.97 Å². The van der Waals surface area contributed by atoms with Gasteiger partial charge in [-0.15, -0.1) is 0 Å². The number of hydrogen-bond acceptors (Lipinski definition) is 13. The number of aliphatic carboxylic acids is 1. The molecule has 1 aliphatic heterocycles. The number of nitrogens with zero attached hydrogens (tertiary/aromatic N) is 2. The van der Waals surface area contributed by atoms with E-state index in [-0.39, 0.29) is 109 Å². The first kappa shape index (κ1) is 64.1. The average molecular weight is 1000 g/mol. The molecule has 1 aliphatic rings. The van der Waals surface area contributed by atoms with Crippen molar-refractivity contribution in [2.24, 2.45) is 23.7 Å². The van der Waals surface area contributed by atoms with Gasteiger partial charge in [0, 0.05) is 26.8 Å². The van der Waals surface area contributed by atoms with Crippen molar-refractivity contribution >= 4 is 35.6 Å². The molecule has 4 amide bonds. The SMILES string of the molecule is CC[C@H](C)[C@@H]([C@@H](CC(=O)N1CCC[C@H]1[C@H](OC)[C@@H](C)C(=O)N[C@H](COCc1ccc(C(=O)OC)cc1)Cc1ccccc1)OC)N(C)[C@H](C(=O)NC(=O)[C@@H](NC)C(C)C)C(C)C.O=C([O-])C(F)(F)F.[Na+]. The predicted molar refractivity (Wildman–Crippen MR) is 251 cm³/mol. The Morgan fingerprint density at radius 3 is 1.94 bits per heavy atom. The number of ether oxygens (including phenoxy) is 4. The Balaban J connectivity index is 0.00000283. The zero-order chi connectivity index (χ0) is 52.2. The molecule has 0 aromatic heterocycles. The molecule has 0 saturated carbocycles. The maximum absolute atomic E-state index is 14.4. The van der Waals surface area contributed by atoms with Gasteiger partial charge in [-0.3, -0.25) is 29.4 Å². The second kappa shape index (κ2) is 31.5. The molecule has 2 aromatic rings. The van der Waals surface area contributed by atoms with E-state index in [2.05, 4.69) is 29.8 Å². The van der Waals surface area contributed by atoms with Crippen molar-refractivity contribution in [1.29, 1.82) is 0 Å². The van der Waals surface area contributed by atoms with Crippen LogP contribution in [0.5, 0.6) is 0 Å². The Bertz CT molecular complexity index is 1930. The van der Waals surface area contributed by atoms with Gasteiger partial charge in [-0.25, -0.2) is 4.79 Å². The number of rotatable bonds is 25. The Labute approximate surface area is 434 Å². The third-order valence-corrected chi connectivity index (χ3v) is 12.6. The fourth-order valence-electron chi connectivity index (χ4n) is 8.93. The van der Waals surface area contributed by atoms with Gasteiger partial charge in [0.25, 0.3) is 0 Å². The number of esters is 1. The van der Waals surface area contributed by atoms with E-state index in [1.807, 2.05) is 93.9 Å². The van der Waals surface area contributed by atoms with Crippen LogP contribution in [-0.2, 0) is 55.9 Å². The number of likely N-dealkylation sites (N-methyl/N-ethyl adjacent to an activating group) is 2. The first-order valence-electron chi connectivity index (χ1n) is 23.4. The van der Waals surface area contributed by atoms with Crippen LogP contribution in [0.25, 0.3) is 0 Å². The van der Waals surface area contributed by atoms with Gasteiger partial charge in [0.2, 0.25) is 23.6 Å². The molecular weight excluding hydrogens is 927 g/mol. The van der Waals surface area contributed by atoms with E-state index in [0.29, 0.717) is 24.9 Å². The van der Waals surface area contributed by atoms with Crippen LogP contribution in [0.2, 0.25) is 0 Å². The standard InChI is InChI=1S/C48H75N5O9.C2HF3O2.Na/c1-13-32(6)43(52(9)42(31(4)5)47(57)51-46(56)41(49-8)30(2)3)39(59-10)27-40(54)53-25-17-20-38(53)44(60-11)33(7)45(55)50-37(26-34-18-15-14-16-19-34)29-62-28-35-21-23-36(24-22-35)48(58)61-12;3-2(4,5)1(6)7;/h14-16,18-19,21-24,30-33,37-39,41-44,49H,13,17,20,25-29H2,1-12H3,(H,50,55)(H,51,56,57);(H,6,7);/q;;+1/p-1/t32-,33+,37-,38-,39+,41-,42-,43-,44+;;/m0../s1. The molecule has 0 spiro atoms. The zero-order valence-electron chi connectivity index (χ0n) is 43.2. The second-order valence-corrected chi connectivity index (χ2v) is 18.2. The first-order valence-corrected chi connectivity index (χ1v) is 23.4. The van der Waals surface area contributed by atoms with Crippen LogP contribution in [0, 0.1) is 23.7 Å². The number of carbonyl (C=O) groups excluding carboxylic acids is 6. The summed E-state index contributed by atoms with van der Waals surface area (Å²) in [4.78, 5) is 79.9. The van der Waals surface area contributed by atoms with Crippen molar-refractivity contribution in [2.45, 2.75) is 136 Å². The Morgan fingerprint density at radius 2 is 1.46 bits per heavy atom. The molecule has 3 N–H and O–H groups in total. The number of nitrogens with one attached hydrogen (secondary N) is 3. The minimum atomic E-state index is -5.19. The molecule has 1 fully saturated rings. The summed E-state index contributed by atoms with van der Waals surface area (Å²) in [6.07, 6.45) is -3.54. The fraction of sp³-hybridized carbons (Fsp3) is 0.640. The number of carboxylic acid groups (broad SMARTS) is 1. The number of likely N-dealkylation sites (tertiary alicyclic amines) is 1. The molecule has 16 nitrogen and oxygen atoms in total. The van der Waals surface area contributed by atoms with Crippen LogP contribution in [0.15, 0.2) is 54.6 Å². The van der Waals surface area contributed by atoms with Crippen molar-refractivity contribution in [3.63, 3.8) is 0 Å². The van der Waals surface area contributed by atoms with Crippen LogP contribution in [0.1, 0.15) is 95.6 Å². The van der Waals surface area contributed by atoms with E-state index in [1.165, 1.54) is 7.11 Å². The van der Waals surface area contributed by atoms with Gasteiger partial charge < -0.3 is 44.4 Å². The molecule has 1 saturated heterocycles. The molecule has 3 rings (SSSR count). The number of hydrogen-bond donors (Lipinski definition) is 3. The second-order valence-electron chi connectivity index (χ2n) is 18.2. The molecular formula is C50H75F3N5NaO11. The summed E-state index contributed by atoms with van der Waals surface area (Å²) in [5.74, 6) is -5.23. The predicted octanol–water partition coefficient (Wildman–Crippen LogP) is 1.33. The van der Waals surface area contributed by atoms with Crippen LogP contribution >= 0.6 is 0 Å². The number of carbonyl (C=O) groups is 6. The number of alkyl halides is 3. The number of amides is 4. The van der Waals surface area contributed by atoms with Crippen LogP contribution in [-0.4, -0.2) is 143 Å². The van der Waals surface area contributed by atoms with Gasteiger partial charge in [-0.05, 0) is 74.4 Å². The normalized spacial score (nSPS) is 17.2. The van der Waals surface area contributed by atoms with E-state index in [4.69, 9.17) is 28.8 Å². The van der Waals surface area contributed by atoms with Crippen LogP contribution < -0.4 is 50.6 Å². The van der Waals surface area contributed by atoms with Crippen LogP contribution in [0.4, 0.5) is 13.2 Å². The van der Waals surface area contributed by atoms with E-state index in [9.17, 15) is 37.1 Å². The largest absolute Gasteiger partial charge is 1.00 e. The molecule has 0 unspecified atom stereocenters. The summed E-state index contributed by atoms with van der Waals surface area (Å²) < 4.78 is 54.6. The third-order valence-electron chi connectivity index (χ3n) is 12.6. The molecule has 0 aliphatic carbocycles. The van der Waals surface area contributed by atoms with Crippen molar-refractivity contribution in [3.05, 3.63) is 71.3 Å². The summed E-state index contributed by atoms with van der Waals surface area (Å²) in [5, 5.41) is 17.7. The van der Waals surface area contributed by atoms with Gasteiger partial charge in [0.05, 0.1) is 74.6 Å². The number of methoxy groups -OCH3 is 3. The minimum Gasteiger partial charge on any atom is -0.542 e. The maximum Gasteiger partial charge on any atom is 1.00 e. The summed E-state index contributed by atoms with van der Waals surface area (Å²) in [5.41, 5.74) is 2.37. The first-order chi connectivity index (χ1) is 32.5. The Morgan fingerprint density at radius 1 is 0.857 bits per heavy atom. The van der Waals surface area contributed by atoms with E-state index >= 15 is 0 Å². The molecule has 1 heterocycles. The summed E-state index contributed by atoms with van der Waals surface area (Å²) in [6, 6.07) is 14.7. The molecule has 9 atom stereocenters. The topological polar surface area (TPSA) is 205 Å². The molecule has 20 heteroatoms. The quantitative estimate of drug-likeness (QED) is 0.0951. The van der Waals surface area contributed by atoms with Crippen molar-refractivity contribution in [1.82, 2.24) is 25.8 Å². The molecule has 0 radical (unpaired) electrons. The van der Waals surface area contributed by atoms with Crippen LogP contribution in [0.3, 0.4) is 0 Å². The molecule has 2 aromatic carbocycles. The minimum absolute atomic E-state index is 0. The van der Waals surface area contributed by atoms with Gasteiger partial charge in [0.15, 0.2) is 0 Å². The van der Waals surface area contributed by atoms with Gasteiger partial charge >= 0.3 is 41.7 Å². The van der Waals surface area contributed by atoms with Crippen molar-refractivity contribution in [2.75, 3.05) is 48.6 Å². The van der Waals surface area contributed by atoms with Crippen molar-refractivity contribution in [3.8, 4) is 0 Å². The number of benzene rings is 2. The smallest absolute Gasteiger partial charge is 0.542 e. The Hall–Kier alpha value is -3.95. The van der Waals surface area contributed by atoms with Gasteiger partial charge in [-0.2, -0.15) is 13.2 Å². The summed E-state index contributed by atoms with van der Waals surface area (Å²) in [6.45, 7) is 14.8. The molecule has 388 valence electrons. The number of halogens is 3. The monoisotopic (exact) mass is 1000 g/mol. The number of carboxylic acids is 1. The Kier molecular flexibility index (Phi) is 28.8. The molecule has 70 heavy (non-hydrogen) atoms. The third kappa shape index (κ3) is 19.6. The van der Waals surface area contributed by atoms with E-state index < -0.39 is 48.3 Å². The number of imide groups is 1. The summed E-state index contributed by atoms with van der Waals surface area (Å²) in [7, 11) is 8.10. The summed E-state index contributed by atoms with van der Waals surface area (Å²) >= 11 is 0. The molecule has 0 bridgehead atoms.